The third-order valence-electron chi connectivity index (χ3n) is 6.73. The predicted molar refractivity (Wildman–Crippen MR) is 134 cm³/mol. The largest absolute Gasteiger partial charge is 0.508 e. The molecule has 2 saturated heterocycles. The van der Waals surface area contributed by atoms with E-state index >= 15 is 0 Å². The van der Waals surface area contributed by atoms with Crippen LogP contribution in [0.2, 0.25) is 0 Å². The molecule has 1 atom stereocenters. The molecular weight excluding hydrogens is 428 g/mol. The van der Waals surface area contributed by atoms with E-state index in [2.05, 4.69) is 45.4 Å². The standard InChI is InChI=1S/C27H38N4O3/c32-26-12-5-4-10-24(26)21-31(22-25-11-6-19-34-25)27(33)28-13-7-14-29-15-17-30(18-16-29)20-23-8-2-1-3-9-23/h1-5,8-10,12,25,32H,6-7,11,13-22H2,(H,28,33). The molecule has 2 fully saturated rings. The zero-order valence-corrected chi connectivity index (χ0v) is 20.1. The van der Waals surface area contributed by atoms with Crippen molar-refractivity contribution in [2.45, 2.75) is 38.5 Å². The van der Waals surface area contributed by atoms with Crippen LogP contribution in [0.4, 0.5) is 4.79 Å². The van der Waals surface area contributed by atoms with Gasteiger partial charge in [-0.25, -0.2) is 4.79 Å². The minimum absolute atomic E-state index is 0.0730. The van der Waals surface area contributed by atoms with Gasteiger partial charge in [-0.2, -0.15) is 0 Å². The van der Waals surface area contributed by atoms with Crippen LogP contribution in [0.3, 0.4) is 0 Å². The summed E-state index contributed by atoms with van der Waals surface area (Å²) in [6, 6.07) is 17.8. The van der Waals surface area contributed by atoms with Crippen molar-refractivity contribution >= 4 is 6.03 Å². The first kappa shape index (κ1) is 24.5. The Morgan fingerprint density at radius 2 is 1.76 bits per heavy atom. The number of hydrogen-bond acceptors (Lipinski definition) is 5. The number of urea groups is 1. The van der Waals surface area contributed by atoms with Gasteiger partial charge in [0, 0.05) is 58.0 Å². The van der Waals surface area contributed by atoms with Gasteiger partial charge in [-0.15, -0.1) is 0 Å². The monoisotopic (exact) mass is 466 g/mol. The molecule has 0 aliphatic carbocycles. The van der Waals surface area contributed by atoms with Gasteiger partial charge in [-0.3, -0.25) is 4.90 Å². The van der Waals surface area contributed by atoms with Crippen LogP contribution < -0.4 is 5.32 Å². The second kappa shape index (κ2) is 12.7. The molecule has 2 heterocycles. The number of benzene rings is 2. The molecule has 0 bridgehead atoms. The number of rotatable bonds is 10. The summed E-state index contributed by atoms with van der Waals surface area (Å²) in [7, 11) is 0. The highest BCUT2D eigenvalue weighted by atomic mass is 16.5. The minimum Gasteiger partial charge on any atom is -0.508 e. The summed E-state index contributed by atoms with van der Waals surface area (Å²) in [5, 5.41) is 13.3. The number of phenols is 1. The lowest BCUT2D eigenvalue weighted by molar-refractivity contribution is 0.0791. The lowest BCUT2D eigenvalue weighted by Gasteiger charge is -2.34. The van der Waals surface area contributed by atoms with Gasteiger partial charge in [0.1, 0.15) is 5.75 Å². The number of carbonyl (C=O) groups is 1. The Bertz CT molecular complexity index is 880. The van der Waals surface area contributed by atoms with E-state index < -0.39 is 0 Å². The van der Waals surface area contributed by atoms with Crippen LogP contribution in [-0.2, 0) is 17.8 Å². The number of hydrogen-bond donors (Lipinski definition) is 2. The van der Waals surface area contributed by atoms with Crippen molar-refractivity contribution in [3.05, 3.63) is 65.7 Å². The third kappa shape index (κ3) is 7.45. The van der Waals surface area contributed by atoms with Crippen molar-refractivity contribution < 1.29 is 14.6 Å². The molecule has 184 valence electrons. The molecule has 34 heavy (non-hydrogen) atoms. The van der Waals surface area contributed by atoms with Gasteiger partial charge in [0.05, 0.1) is 12.6 Å². The Balaban J connectivity index is 1.18. The molecule has 0 aromatic heterocycles. The fraction of sp³-hybridized carbons (Fsp3) is 0.519. The smallest absolute Gasteiger partial charge is 0.317 e. The van der Waals surface area contributed by atoms with Crippen LogP contribution in [-0.4, -0.2) is 84.4 Å². The van der Waals surface area contributed by atoms with Crippen LogP contribution in [0.5, 0.6) is 5.75 Å². The van der Waals surface area contributed by atoms with Crippen molar-refractivity contribution in [1.29, 1.82) is 0 Å². The highest BCUT2D eigenvalue weighted by Gasteiger charge is 2.23. The maximum Gasteiger partial charge on any atom is 0.317 e. The molecule has 2 aromatic rings. The van der Waals surface area contributed by atoms with E-state index in [-0.39, 0.29) is 17.9 Å². The van der Waals surface area contributed by atoms with Crippen LogP contribution >= 0.6 is 0 Å². The molecule has 2 aliphatic rings. The van der Waals surface area contributed by atoms with Crippen LogP contribution in [0, 0.1) is 0 Å². The van der Waals surface area contributed by atoms with E-state index in [1.165, 1.54) is 5.56 Å². The van der Waals surface area contributed by atoms with Crippen LogP contribution in [0.25, 0.3) is 0 Å². The lowest BCUT2D eigenvalue weighted by Crippen LogP contribution is -2.47. The number of para-hydroxylation sites is 1. The number of nitrogens with zero attached hydrogens (tertiary/aromatic N) is 3. The number of aromatic hydroxyl groups is 1. The van der Waals surface area contributed by atoms with Crippen molar-refractivity contribution in [3.8, 4) is 5.75 Å². The molecule has 2 aromatic carbocycles. The molecule has 2 amide bonds. The maximum absolute atomic E-state index is 13.0. The quantitative estimate of drug-likeness (QED) is 0.526. The van der Waals surface area contributed by atoms with Crippen molar-refractivity contribution in [2.24, 2.45) is 0 Å². The summed E-state index contributed by atoms with van der Waals surface area (Å²) in [6.45, 7) is 8.63. The molecule has 0 spiro atoms. The number of amides is 2. The number of ether oxygens (including phenoxy) is 1. The van der Waals surface area contributed by atoms with Crippen molar-refractivity contribution in [2.75, 3.05) is 52.4 Å². The fourth-order valence-corrected chi connectivity index (χ4v) is 4.73. The fourth-order valence-electron chi connectivity index (χ4n) is 4.73. The molecule has 0 radical (unpaired) electrons. The molecule has 7 heteroatoms. The molecule has 0 saturated carbocycles. The number of phenolic OH excluding ortho intramolecular Hbond substituents is 1. The number of piperazine rings is 1. The van der Waals surface area contributed by atoms with E-state index in [1.807, 2.05) is 12.1 Å². The van der Waals surface area contributed by atoms with E-state index in [1.54, 1.807) is 17.0 Å². The van der Waals surface area contributed by atoms with Gasteiger partial charge >= 0.3 is 6.03 Å². The Labute approximate surface area is 203 Å². The van der Waals surface area contributed by atoms with Gasteiger partial charge in [0.25, 0.3) is 0 Å². The average molecular weight is 467 g/mol. The molecule has 2 N–H and O–H groups in total. The minimum atomic E-state index is -0.0913. The number of carbonyl (C=O) groups excluding carboxylic acids is 1. The highest BCUT2D eigenvalue weighted by Crippen LogP contribution is 2.20. The lowest BCUT2D eigenvalue weighted by atomic mass is 10.1. The topological polar surface area (TPSA) is 68.3 Å². The Hall–Kier alpha value is -2.61. The van der Waals surface area contributed by atoms with E-state index in [9.17, 15) is 9.90 Å². The highest BCUT2D eigenvalue weighted by molar-refractivity contribution is 5.74. The summed E-state index contributed by atoms with van der Waals surface area (Å²) in [4.78, 5) is 19.7. The Kier molecular flexibility index (Phi) is 9.19. The molecular formula is C27H38N4O3. The first-order valence-corrected chi connectivity index (χ1v) is 12.6. The van der Waals surface area contributed by atoms with Gasteiger partial charge in [0.2, 0.25) is 0 Å². The Morgan fingerprint density at radius 1 is 1.03 bits per heavy atom. The average Bonchev–Trinajstić information content (AvgIpc) is 3.37. The zero-order valence-electron chi connectivity index (χ0n) is 20.1. The van der Waals surface area contributed by atoms with Gasteiger partial charge in [0.15, 0.2) is 0 Å². The van der Waals surface area contributed by atoms with Crippen molar-refractivity contribution in [1.82, 2.24) is 20.0 Å². The second-order valence-electron chi connectivity index (χ2n) is 9.33. The summed E-state index contributed by atoms with van der Waals surface area (Å²) < 4.78 is 5.76. The molecule has 7 nitrogen and oxygen atoms in total. The first-order chi connectivity index (χ1) is 16.7. The Morgan fingerprint density at radius 3 is 2.50 bits per heavy atom. The second-order valence-corrected chi connectivity index (χ2v) is 9.33. The maximum atomic E-state index is 13.0. The van der Waals surface area contributed by atoms with Gasteiger partial charge < -0.3 is 25.0 Å². The van der Waals surface area contributed by atoms with E-state index in [0.29, 0.717) is 19.6 Å². The predicted octanol–water partition coefficient (Wildman–Crippen LogP) is 3.29. The zero-order chi connectivity index (χ0) is 23.6. The first-order valence-electron chi connectivity index (χ1n) is 12.6. The summed E-state index contributed by atoms with van der Waals surface area (Å²) in [6.07, 6.45) is 3.01. The molecule has 1 unspecified atom stereocenters. The van der Waals surface area contributed by atoms with E-state index in [0.717, 1.165) is 70.7 Å². The normalized spacial score (nSPS) is 19.2. The van der Waals surface area contributed by atoms with Crippen molar-refractivity contribution in [3.63, 3.8) is 0 Å². The summed E-state index contributed by atoms with van der Waals surface area (Å²) in [5.74, 6) is 0.221. The van der Waals surface area contributed by atoms with Crippen LogP contribution in [0.15, 0.2) is 54.6 Å². The molecule has 2 aliphatic heterocycles. The van der Waals surface area contributed by atoms with Gasteiger partial charge in [-0.05, 0) is 37.4 Å². The number of nitrogens with one attached hydrogen (secondary N) is 1. The van der Waals surface area contributed by atoms with Crippen LogP contribution in [0.1, 0.15) is 30.4 Å². The third-order valence-corrected chi connectivity index (χ3v) is 6.73. The van der Waals surface area contributed by atoms with E-state index in [4.69, 9.17) is 4.74 Å². The summed E-state index contributed by atoms with van der Waals surface area (Å²) >= 11 is 0. The SMILES string of the molecule is O=C(NCCCN1CCN(Cc2ccccc2)CC1)N(Cc1ccccc1O)CC1CCCO1. The summed E-state index contributed by atoms with van der Waals surface area (Å²) in [5.41, 5.74) is 2.12. The van der Waals surface area contributed by atoms with Gasteiger partial charge in [-0.1, -0.05) is 48.5 Å². The molecule has 4 rings (SSSR count).